The van der Waals surface area contributed by atoms with E-state index in [1.165, 1.54) is 10.8 Å². The minimum absolute atomic E-state index is 0.685. The van der Waals surface area contributed by atoms with Gasteiger partial charge in [-0.25, -0.2) is 4.98 Å². The molecule has 0 saturated heterocycles. The van der Waals surface area contributed by atoms with E-state index in [1.54, 1.807) is 0 Å². The monoisotopic (exact) mass is 326 g/mol. The minimum atomic E-state index is 0.685. The second-order valence-corrected chi connectivity index (χ2v) is 5.32. The normalized spacial score (nSPS) is 10.8. The Labute approximate surface area is 121 Å². The van der Waals surface area contributed by atoms with Crippen LogP contribution in [0.25, 0.3) is 10.8 Å². The quantitative estimate of drug-likeness (QED) is 0.754. The molecule has 0 aliphatic heterocycles. The highest BCUT2D eigenvalue weighted by Crippen LogP contribution is 2.29. The molecule has 0 aliphatic carbocycles. The number of hydrogen-bond donors (Lipinski definition) is 0. The highest BCUT2D eigenvalue weighted by Gasteiger charge is 2.10. The van der Waals surface area contributed by atoms with E-state index in [0.717, 1.165) is 29.8 Å². The van der Waals surface area contributed by atoms with Crippen molar-refractivity contribution in [1.82, 2.24) is 4.98 Å². The number of aromatic nitrogens is 1. The SMILES string of the molecule is CCN(CCCCl)c1nccc2c(Br)cccc12. The lowest BCUT2D eigenvalue weighted by molar-refractivity contribution is 0.785. The van der Waals surface area contributed by atoms with E-state index in [1.807, 2.05) is 18.3 Å². The highest BCUT2D eigenvalue weighted by molar-refractivity contribution is 9.10. The zero-order chi connectivity index (χ0) is 13.0. The van der Waals surface area contributed by atoms with Crippen LogP contribution in [0.15, 0.2) is 34.9 Å². The third-order valence-corrected chi connectivity index (χ3v) is 3.93. The Hall–Kier alpha value is -0.800. The van der Waals surface area contributed by atoms with Crippen molar-refractivity contribution in [2.45, 2.75) is 13.3 Å². The Morgan fingerprint density at radius 3 is 2.83 bits per heavy atom. The van der Waals surface area contributed by atoms with Crippen LogP contribution in [0.1, 0.15) is 13.3 Å². The van der Waals surface area contributed by atoms with Crippen molar-refractivity contribution < 1.29 is 0 Å². The Bertz CT molecular complexity index is 530. The van der Waals surface area contributed by atoms with Crippen molar-refractivity contribution in [3.05, 3.63) is 34.9 Å². The maximum Gasteiger partial charge on any atom is 0.136 e. The van der Waals surface area contributed by atoms with Gasteiger partial charge in [0.2, 0.25) is 0 Å². The summed E-state index contributed by atoms with van der Waals surface area (Å²) in [5.74, 6) is 1.73. The Kier molecular flexibility index (Phi) is 4.84. The number of halogens is 2. The van der Waals surface area contributed by atoms with Crippen LogP contribution in [0, 0.1) is 0 Å². The van der Waals surface area contributed by atoms with E-state index in [2.05, 4.69) is 44.9 Å². The molecule has 0 unspecified atom stereocenters. The van der Waals surface area contributed by atoms with Gasteiger partial charge in [-0.2, -0.15) is 0 Å². The van der Waals surface area contributed by atoms with E-state index in [-0.39, 0.29) is 0 Å². The Balaban J connectivity index is 2.46. The molecule has 0 aliphatic rings. The number of rotatable bonds is 5. The zero-order valence-electron chi connectivity index (χ0n) is 10.4. The molecular formula is C14H16BrClN2. The summed E-state index contributed by atoms with van der Waals surface area (Å²) in [5, 5.41) is 2.38. The first-order valence-electron chi connectivity index (χ1n) is 6.12. The second-order valence-electron chi connectivity index (χ2n) is 4.09. The van der Waals surface area contributed by atoms with Gasteiger partial charge < -0.3 is 4.90 Å². The number of fused-ring (bicyclic) bond motifs is 1. The van der Waals surface area contributed by atoms with Crippen molar-refractivity contribution in [3.8, 4) is 0 Å². The molecule has 2 nitrogen and oxygen atoms in total. The van der Waals surface area contributed by atoms with Crippen LogP contribution in [0.4, 0.5) is 5.82 Å². The predicted octanol–water partition coefficient (Wildman–Crippen LogP) is 4.45. The summed E-state index contributed by atoms with van der Waals surface area (Å²) >= 11 is 9.37. The van der Waals surface area contributed by atoms with E-state index in [9.17, 15) is 0 Å². The van der Waals surface area contributed by atoms with Crippen molar-refractivity contribution in [2.24, 2.45) is 0 Å². The standard InChI is InChI=1S/C14H16BrClN2/c1-2-18(10-4-8-16)14-12-5-3-6-13(15)11(12)7-9-17-14/h3,5-7,9H,2,4,8,10H2,1H3. The second kappa shape index (κ2) is 6.39. The predicted molar refractivity (Wildman–Crippen MR) is 82.7 cm³/mol. The summed E-state index contributed by atoms with van der Waals surface area (Å²) in [6.45, 7) is 4.03. The molecule has 1 aromatic carbocycles. The van der Waals surface area contributed by atoms with Gasteiger partial charge >= 0.3 is 0 Å². The molecule has 0 spiro atoms. The molecular weight excluding hydrogens is 312 g/mol. The van der Waals surface area contributed by atoms with Gasteiger partial charge in [0.25, 0.3) is 0 Å². The summed E-state index contributed by atoms with van der Waals surface area (Å²) in [6, 6.07) is 8.26. The smallest absolute Gasteiger partial charge is 0.136 e. The number of nitrogens with zero attached hydrogens (tertiary/aromatic N) is 2. The number of pyridine rings is 1. The molecule has 0 radical (unpaired) electrons. The first kappa shape index (κ1) is 13.6. The van der Waals surface area contributed by atoms with Gasteiger partial charge in [0.05, 0.1) is 0 Å². The van der Waals surface area contributed by atoms with E-state index in [4.69, 9.17) is 11.6 Å². The average molecular weight is 328 g/mol. The number of anilines is 1. The summed E-state index contributed by atoms with van der Waals surface area (Å²) in [4.78, 5) is 6.81. The van der Waals surface area contributed by atoms with E-state index in [0.29, 0.717) is 5.88 Å². The molecule has 2 rings (SSSR count). The van der Waals surface area contributed by atoms with Crippen LogP contribution in [-0.4, -0.2) is 24.0 Å². The fraction of sp³-hybridized carbons (Fsp3) is 0.357. The molecule has 96 valence electrons. The van der Waals surface area contributed by atoms with Crippen molar-refractivity contribution in [3.63, 3.8) is 0 Å². The third kappa shape index (κ3) is 2.78. The van der Waals surface area contributed by atoms with Gasteiger partial charge in [-0.1, -0.05) is 28.1 Å². The fourth-order valence-corrected chi connectivity index (χ4v) is 2.69. The van der Waals surface area contributed by atoms with Crippen molar-refractivity contribution in [1.29, 1.82) is 0 Å². The van der Waals surface area contributed by atoms with Crippen LogP contribution in [-0.2, 0) is 0 Å². The van der Waals surface area contributed by atoms with Gasteiger partial charge in [-0.05, 0) is 25.5 Å². The van der Waals surface area contributed by atoms with E-state index < -0.39 is 0 Å². The largest absolute Gasteiger partial charge is 0.356 e. The molecule has 18 heavy (non-hydrogen) atoms. The summed E-state index contributed by atoms with van der Waals surface area (Å²) in [7, 11) is 0. The maximum absolute atomic E-state index is 5.78. The van der Waals surface area contributed by atoms with Gasteiger partial charge in [0, 0.05) is 40.4 Å². The van der Waals surface area contributed by atoms with Crippen molar-refractivity contribution in [2.75, 3.05) is 23.9 Å². The molecule has 0 atom stereocenters. The lowest BCUT2D eigenvalue weighted by Gasteiger charge is -2.23. The first-order valence-corrected chi connectivity index (χ1v) is 7.44. The molecule has 0 saturated carbocycles. The van der Waals surface area contributed by atoms with Gasteiger partial charge in [0.15, 0.2) is 0 Å². The topological polar surface area (TPSA) is 16.1 Å². The van der Waals surface area contributed by atoms with Gasteiger partial charge in [-0.3, -0.25) is 0 Å². The van der Waals surface area contributed by atoms with Crippen LogP contribution in [0.3, 0.4) is 0 Å². The van der Waals surface area contributed by atoms with Gasteiger partial charge in [0.1, 0.15) is 5.82 Å². The summed E-state index contributed by atoms with van der Waals surface area (Å²) in [5.41, 5.74) is 0. The molecule has 1 aromatic heterocycles. The molecule has 0 N–H and O–H groups in total. The Morgan fingerprint density at radius 2 is 2.11 bits per heavy atom. The lowest BCUT2D eigenvalue weighted by Crippen LogP contribution is -2.25. The zero-order valence-corrected chi connectivity index (χ0v) is 12.7. The third-order valence-electron chi connectivity index (χ3n) is 2.97. The van der Waals surface area contributed by atoms with Crippen LogP contribution >= 0.6 is 27.5 Å². The van der Waals surface area contributed by atoms with Crippen LogP contribution < -0.4 is 4.90 Å². The highest BCUT2D eigenvalue weighted by atomic mass is 79.9. The van der Waals surface area contributed by atoms with E-state index >= 15 is 0 Å². The Morgan fingerprint density at radius 1 is 1.28 bits per heavy atom. The lowest BCUT2D eigenvalue weighted by atomic mass is 10.1. The van der Waals surface area contributed by atoms with Gasteiger partial charge in [-0.15, -0.1) is 11.6 Å². The maximum atomic E-state index is 5.78. The summed E-state index contributed by atoms with van der Waals surface area (Å²) in [6.07, 6.45) is 2.84. The number of hydrogen-bond acceptors (Lipinski definition) is 2. The molecule has 4 heteroatoms. The molecule has 0 fully saturated rings. The number of alkyl halides is 1. The first-order chi connectivity index (χ1) is 8.77. The minimum Gasteiger partial charge on any atom is -0.356 e. The molecule has 1 heterocycles. The average Bonchev–Trinajstić information content (AvgIpc) is 2.40. The molecule has 0 amide bonds. The van der Waals surface area contributed by atoms with Crippen LogP contribution in [0.5, 0.6) is 0 Å². The van der Waals surface area contributed by atoms with Crippen molar-refractivity contribution >= 4 is 44.1 Å². The van der Waals surface area contributed by atoms with Crippen LogP contribution in [0.2, 0.25) is 0 Å². The number of benzene rings is 1. The summed E-state index contributed by atoms with van der Waals surface area (Å²) < 4.78 is 1.11. The molecule has 2 aromatic rings. The molecule has 0 bridgehead atoms. The fourth-order valence-electron chi connectivity index (χ4n) is 2.07.